The first-order valence-corrected chi connectivity index (χ1v) is 8.16. The van der Waals surface area contributed by atoms with Gasteiger partial charge in [0.15, 0.2) is 5.13 Å². The predicted octanol–water partition coefficient (Wildman–Crippen LogP) is 3.50. The van der Waals surface area contributed by atoms with Gasteiger partial charge in [0.2, 0.25) is 0 Å². The Morgan fingerprint density at radius 2 is 2.29 bits per heavy atom. The van der Waals surface area contributed by atoms with Crippen molar-refractivity contribution in [3.8, 4) is 0 Å². The summed E-state index contributed by atoms with van der Waals surface area (Å²) in [7, 11) is 0. The van der Waals surface area contributed by atoms with Gasteiger partial charge < -0.3 is 11.1 Å². The van der Waals surface area contributed by atoms with E-state index in [4.69, 9.17) is 5.73 Å². The molecule has 1 aromatic carbocycles. The number of amides is 1. The molecule has 1 aliphatic rings. The highest BCUT2D eigenvalue weighted by atomic mass is 32.1. The first kappa shape index (κ1) is 14.1. The molecule has 5 heteroatoms. The Morgan fingerprint density at radius 3 is 3.10 bits per heavy atom. The lowest BCUT2D eigenvalue weighted by Crippen LogP contribution is -2.24. The van der Waals surface area contributed by atoms with Crippen molar-refractivity contribution in [2.75, 3.05) is 12.3 Å². The van der Waals surface area contributed by atoms with Crippen LogP contribution in [0.1, 0.15) is 42.5 Å². The molecule has 0 saturated carbocycles. The van der Waals surface area contributed by atoms with Crippen LogP contribution in [0.25, 0.3) is 10.2 Å². The maximum absolute atomic E-state index is 12.2. The molecule has 21 heavy (non-hydrogen) atoms. The van der Waals surface area contributed by atoms with E-state index >= 15 is 0 Å². The fraction of sp³-hybridized carbons (Fsp3) is 0.375. The summed E-state index contributed by atoms with van der Waals surface area (Å²) in [5.41, 5.74) is 8.68. The number of carbonyl (C=O) groups is 1. The molecule has 0 radical (unpaired) electrons. The van der Waals surface area contributed by atoms with Crippen LogP contribution in [0.15, 0.2) is 29.8 Å². The molecule has 0 spiro atoms. The fourth-order valence-electron chi connectivity index (χ4n) is 2.65. The second kappa shape index (κ2) is 6.26. The minimum atomic E-state index is -0.0275. The van der Waals surface area contributed by atoms with E-state index < -0.39 is 0 Å². The second-order valence-electron chi connectivity index (χ2n) is 5.35. The minimum absolute atomic E-state index is 0.0275. The van der Waals surface area contributed by atoms with Crippen LogP contribution in [-0.2, 0) is 0 Å². The van der Waals surface area contributed by atoms with E-state index in [1.165, 1.54) is 42.6 Å². The van der Waals surface area contributed by atoms with Crippen LogP contribution in [0.3, 0.4) is 0 Å². The molecule has 110 valence electrons. The summed E-state index contributed by atoms with van der Waals surface area (Å²) in [6.07, 6.45) is 8.23. The third kappa shape index (κ3) is 3.42. The van der Waals surface area contributed by atoms with Gasteiger partial charge in [-0.1, -0.05) is 23.0 Å². The van der Waals surface area contributed by atoms with Gasteiger partial charge in [0.1, 0.15) is 0 Å². The van der Waals surface area contributed by atoms with Crippen molar-refractivity contribution in [1.82, 2.24) is 10.3 Å². The summed E-state index contributed by atoms with van der Waals surface area (Å²) in [5.74, 6) is -0.0275. The van der Waals surface area contributed by atoms with Crippen molar-refractivity contribution in [2.45, 2.75) is 32.1 Å². The number of allylic oxidation sites excluding steroid dienone is 1. The normalized spacial score (nSPS) is 15.0. The molecule has 0 fully saturated rings. The zero-order valence-electron chi connectivity index (χ0n) is 11.9. The van der Waals surface area contributed by atoms with Gasteiger partial charge in [0.25, 0.3) is 5.91 Å². The molecule has 1 aliphatic carbocycles. The van der Waals surface area contributed by atoms with Gasteiger partial charge >= 0.3 is 0 Å². The Morgan fingerprint density at radius 1 is 1.38 bits per heavy atom. The third-order valence-electron chi connectivity index (χ3n) is 3.78. The van der Waals surface area contributed by atoms with Crippen LogP contribution in [0.4, 0.5) is 5.13 Å². The molecule has 1 amide bonds. The van der Waals surface area contributed by atoms with E-state index in [-0.39, 0.29) is 5.91 Å². The number of benzene rings is 1. The third-order valence-corrected chi connectivity index (χ3v) is 4.63. The molecule has 0 aliphatic heterocycles. The van der Waals surface area contributed by atoms with E-state index in [1.807, 2.05) is 12.1 Å². The van der Waals surface area contributed by atoms with E-state index in [2.05, 4.69) is 16.4 Å². The van der Waals surface area contributed by atoms with Crippen LogP contribution in [-0.4, -0.2) is 17.4 Å². The SMILES string of the molecule is Nc1nc2ccc(C(=O)NCCC3=CCCCC3)cc2s1. The van der Waals surface area contributed by atoms with Gasteiger partial charge in [0.05, 0.1) is 10.2 Å². The molecule has 2 aromatic rings. The molecule has 0 unspecified atom stereocenters. The number of hydrogen-bond donors (Lipinski definition) is 2. The first-order chi connectivity index (χ1) is 10.2. The number of hydrogen-bond acceptors (Lipinski definition) is 4. The smallest absolute Gasteiger partial charge is 0.251 e. The summed E-state index contributed by atoms with van der Waals surface area (Å²) in [5, 5.41) is 3.53. The zero-order chi connectivity index (χ0) is 14.7. The fourth-order valence-corrected chi connectivity index (χ4v) is 3.43. The highest BCUT2D eigenvalue weighted by Gasteiger charge is 2.09. The lowest BCUT2D eigenvalue weighted by atomic mass is 9.97. The molecule has 0 atom stereocenters. The van der Waals surface area contributed by atoms with Gasteiger partial charge in [-0.2, -0.15) is 0 Å². The van der Waals surface area contributed by atoms with Crippen LogP contribution in [0, 0.1) is 0 Å². The van der Waals surface area contributed by atoms with Crippen molar-refractivity contribution in [2.24, 2.45) is 0 Å². The number of fused-ring (bicyclic) bond motifs is 1. The van der Waals surface area contributed by atoms with Gasteiger partial charge in [-0.3, -0.25) is 4.79 Å². The topological polar surface area (TPSA) is 68.0 Å². The maximum atomic E-state index is 12.2. The van der Waals surface area contributed by atoms with Crippen LogP contribution >= 0.6 is 11.3 Å². The molecule has 0 bridgehead atoms. The molecule has 1 aromatic heterocycles. The summed E-state index contributed by atoms with van der Waals surface area (Å²) in [4.78, 5) is 16.4. The van der Waals surface area contributed by atoms with Crippen molar-refractivity contribution >= 4 is 32.6 Å². The van der Waals surface area contributed by atoms with Crippen LogP contribution in [0.2, 0.25) is 0 Å². The number of thiazole rings is 1. The number of carbonyl (C=O) groups excluding carboxylic acids is 1. The van der Waals surface area contributed by atoms with E-state index in [0.29, 0.717) is 17.2 Å². The Labute approximate surface area is 128 Å². The Hall–Kier alpha value is -1.88. The van der Waals surface area contributed by atoms with Gasteiger partial charge in [-0.05, 0) is 50.3 Å². The van der Waals surface area contributed by atoms with Crippen LogP contribution < -0.4 is 11.1 Å². The largest absolute Gasteiger partial charge is 0.375 e. The Bertz CT molecular complexity index is 690. The van der Waals surface area contributed by atoms with E-state index in [0.717, 1.165) is 16.6 Å². The highest BCUT2D eigenvalue weighted by Crippen LogP contribution is 2.24. The average Bonchev–Trinajstić information content (AvgIpc) is 2.87. The number of anilines is 1. The summed E-state index contributed by atoms with van der Waals surface area (Å²) < 4.78 is 0.954. The minimum Gasteiger partial charge on any atom is -0.375 e. The number of nitrogens with one attached hydrogen (secondary N) is 1. The lowest BCUT2D eigenvalue weighted by molar-refractivity contribution is 0.0954. The average molecular weight is 301 g/mol. The second-order valence-corrected chi connectivity index (χ2v) is 6.41. The molecule has 1 heterocycles. The van der Waals surface area contributed by atoms with Gasteiger partial charge in [-0.25, -0.2) is 4.98 Å². The Balaban J connectivity index is 1.59. The molecule has 3 N–H and O–H groups in total. The van der Waals surface area contributed by atoms with E-state index in [1.54, 1.807) is 6.07 Å². The van der Waals surface area contributed by atoms with Gasteiger partial charge in [0, 0.05) is 12.1 Å². The molecular formula is C16H19N3OS. The Kier molecular flexibility index (Phi) is 4.20. The zero-order valence-corrected chi connectivity index (χ0v) is 12.7. The lowest BCUT2D eigenvalue weighted by Gasteiger charge is -2.12. The highest BCUT2D eigenvalue weighted by molar-refractivity contribution is 7.22. The number of nitrogens with zero attached hydrogens (tertiary/aromatic N) is 1. The maximum Gasteiger partial charge on any atom is 0.251 e. The molecule has 0 saturated heterocycles. The number of rotatable bonds is 4. The summed E-state index contributed by atoms with van der Waals surface area (Å²) >= 11 is 1.41. The van der Waals surface area contributed by atoms with Crippen molar-refractivity contribution in [3.63, 3.8) is 0 Å². The van der Waals surface area contributed by atoms with Gasteiger partial charge in [-0.15, -0.1) is 0 Å². The van der Waals surface area contributed by atoms with Crippen molar-refractivity contribution in [1.29, 1.82) is 0 Å². The quantitative estimate of drug-likeness (QED) is 0.849. The monoisotopic (exact) mass is 301 g/mol. The van der Waals surface area contributed by atoms with Crippen molar-refractivity contribution < 1.29 is 4.79 Å². The molecule has 3 rings (SSSR count). The summed E-state index contributed by atoms with van der Waals surface area (Å²) in [6.45, 7) is 0.702. The van der Waals surface area contributed by atoms with Crippen LogP contribution in [0.5, 0.6) is 0 Å². The van der Waals surface area contributed by atoms with Crippen molar-refractivity contribution in [3.05, 3.63) is 35.4 Å². The number of nitrogen functional groups attached to an aromatic ring is 1. The van der Waals surface area contributed by atoms with E-state index in [9.17, 15) is 4.79 Å². The first-order valence-electron chi connectivity index (χ1n) is 7.34. The summed E-state index contributed by atoms with van der Waals surface area (Å²) in [6, 6.07) is 5.51. The standard InChI is InChI=1S/C16H19N3OS/c17-16-19-13-7-6-12(10-14(13)21-16)15(20)18-9-8-11-4-2-1-3-5-11/h4,6-7,10H,1-3,5,8-9H2,(H2,17,19)(H,18,20). The molecular weight excluding hydrogens is 282 g/mol. The number of nitrogens with two attached hydrogens (primary N) is 1. The molecule has 4 nitrogen and oxygen atoms in total. The predicted molar refractivity (Wildman–Crippen MR) is 87.5 cm³/mol. The number of aromatic nitrogens is 1.